The van der Waals surface area contributed by atoms with Crippen molar-refractivity contribution >= 4 is 0 Å². The lowest BCUT2D eigenvalue weighted by atomic mass is 9.45. The number of hydrogen-bond donors (Lipinski definition) is 1. The van der Waals surface area contributed by atoms with Crippen molar-refractivity contribution in [3.8, 4) is 0 Å². The van der Waals surface area contributed by atoms with E-state index in [-0.39, 0.29) is 31.1 Å². The Labute approximate surface area is 112 Å². The van der Waals surface area contributed by atoms with E-state index in [1.807, 2.05) is 0 Å². The van der Waals surface area contributed by atoms with Gasteiger partial charge in [0, 0.05) is 11.0 Å². The van der Waals surface area contributed by atoms with Crippen molar-refractivity contribution in [2.75, 3.05) is 0 Å². The summed E-state index contributed by atoms with van der Waals surface area (Å²) in [7, 11) is 0. The molecule has 0 aliphatic heterocycles. The van der Waals surface area contributed by atoms with E-state index in [0.29, 0.717) is 12.8 Å². The second-order valence-corrected chi connectivity index (χ2v) is 7.13. The van der Waals surface area contributed by atoms with Gasteiger partial charge < -0.3 is 5.73 Å². The van der Waals surface area contributed by atoms with Gasteiger partial charge in [0.1, 0.15) is 0 Å². The van der Waals surface area contributed by atoms with Gasteiger partial charge in [0.05, 0.1) is 0 Å². The monoisotopic (exact) mass is 301 g/mol. The van der Waals surface area contributed by atoms with Crippen LogP contribution in [0.1, 0.15) is 38.5 Å². The largest absolute Gasteiger partial charge is 0.425 e. The Morgan fingerprint density at radius 3 is 1.85 bits per heavy atom. The highest BCUT2D eigenvalue weighted by atomic mass is 19.4. The molecule has 0 radical (unpaired) electrons. The molecule has 3 atom stereocenters. The zero-order valence-corrected chi connectivity index (χ0v) is 10.8. The van der Waals surface area contributed by atoms with Crippen LogP contribution < -0.4 is 5.73 Å². The highest BCUT2D eigenvalue weighted by Crippen LogP contribution is 2.67. The summed E-state index contributed by atoms with van der Waals surface area (Å²) in [6.07, 6.45) is -8.02. The summed E-state index contributed by atoms with van der Waals surface area (Å²) >= 11 is 0. The fourth-order valence-electron chi connectivity index (χ4n) is 5.20. The van der Waals surface area contributed by atoms with Crippen molar-refractivity contribution in [2.45, 2.75) is 62.3 Å². The van der Waals surface area contributed by atoms with Crippen LogP contribution in [-0.4, -0.2) is 23.8 Å². The average molecular weight is 301 g/mol. The maximum absolute atomic E-state index is 14.3. The van der Waals surface area contributed by atoms with Crippen molar-refractivity contribution in [3.63, 3.8) is 0 Å². The Hall–Kier alpha value is -0.460. The Kier molecular flexibility index (Phi) is 2.78. The molecule has 20 heavy (non-hydrogen) atoms. The molecule has 0 unspecified atom stereocenters. The van der Waals surface area contributed by atoms with Gasteiger partial charge in [-0.2, -0.15) is 13.2 Å². The van der Waals surface area contributed by atoms with Gasteiger partial charge in [-0.15, -0.1) is 0 Å². The summed E-state index contributed by atoms with van der Waals surface area (Å²) in [5.41, 5.74) is 3.32. The van der Waals surface area contributed by atoms with Crippen molar-refractivity contribution < 1.29 is 26.3 Å². The highest BCUT2D eigenvalue weighted by molar-refractivity contribution is 5.16. The Bertz CT molecular complexity index is 404. The molecule has 0 heterocycles. The van der Waals surface area contributed by atoms with Gasteiger partial charge in [0.2, 0.25) is 0 Å². The molecule has 4 saturated carbocycles. The van der Waals surface area contributed by atoms with Crippen molar-refractivity contribution in [1.29, 1.82) is 0 Å². The Morgan fingerprint density at radius 2 is 1.45 bits per heavy atom. The van der Waals surface area contributed by atoms with E-state index in [1.54, 1.807) is 0 Å². The minimum Gasteiger partial charge on any atom is -0.325 e. The molecule has 2 N–H and O–H groups in total. The maximum atomic E-state index is 14.3. The van der Waals surface area contributed by atoms with Gasteiger partial charge in [-0.05, 0) is 50.4 Å². The highest BCUT2D eigenvalue weighted by Gasteiger charge is 2.72. The number of alkyl halides is 6. The summed E-state index contributed by atoms with van der Waals surface area (Å²) in [6, 6.07) is 0. The molecule has 0 spiro atoms. The predicted octanol–water partition coefficient (Wildman–Crippen LogP) is 3.82. The van der Waals surface area contributed by atoms with Gasteiger partial charge in [0.25, 0.3) is 12.1 Å². The number of nitrogens with two attached hydrogens (primary N) is 1. The van der Waals surface area contributed by atoms with Crippen LogP contribution >= 0.6 is 0 Å². The summed E-state index contributed by atoms with van der Waals surface area (Å²) in [5.74, 6) is -4.58. The first-order valence-electron chi connectivity index (χ1n) is 6.85. The van der Waals surface area contributed by atoms with E-state index in [0.717, 1.165) is 6.42 Å². The Morgan fingerprint density at radius 1 is 0.950 bits per heavy atom. The second-order valence-electron chi connectivity index (χ2n) is 7.13. The van der Waals surface area contributed by atoms with Gasteiger partial charge in [0.15, 0.2) is 0 Å². The lowest BCUT2D eigenvalue weighted by molar-refractivity contribution is -0.301. The standard InChI is InChI=1S/C13H17F6N/c14-9(13(17,18)19)12(15,16)10-2-7-1-8(3-10)5-11(20,4-7)6-10/h7-9H,1-6,20H2/t7-,8-,9+,10?,11?/m1/s1. The molecule has 7 heteroatoms. The quantitative estimate of drug-likeness (QED) is 0.771. The van der Waals surface area contributed by atoms with Gasteiger partial charge >= 0.3 is 6.18 Å². The molecular weight excluding hydrogens is 284 g/mol. The molecule has 4 bridgehead atoms. The topological polar surface area (TPSA) is 26.0 Å². The van der Waals surface area contributed by atoms with E-state index >= 15 is 0 Å². The first kappa shape index (κ1) is 14.5. The summed E-state index contributed by atoms with van der Waals surface area (Å²) in [4.78, 5) is 0. The third kappa shape index (κ3) is 1.88. The minimum absolute atomic E-state index is 0.0358. The third-order valence-corrected chi connectivity index (χ3v) is 5.42. The SMILES string of the molecule is NC12C[C@@H]3C[C@@H](C1)CC(C(F)(F)[C@H](F)C(F)(F)F)(C3)C2. The Balaban J connectivity index is 1.96. The second kappa shape index (κ2) is 3.84. The third-order valence-electron chi connectivity index (χ3n) is 5.42. The minimum atomic E-state index is -5.53. The molecular formula is C13H17F6N. The lowest BCUT2D eigenvalue weighted by Crippen LogP contribution is -2.67. The number of rotatable bonds is 2. The van der Waals surface area contributed by atoms with Crippen LogP contribution in [0.3, 0.4) is 0 Å². The van der Waals surface area contributed by atoms with Gasteiger partial charge in [-0.3, -0.25) is 0 Å². The average Bonchev–Trinajstić information content (AvgIpc) is 2.22. The molecule has 0 amide bonds. The van der Waals surface area contributed by atoms with Crippen molar-refractivity contribution in [1.82, 2.24) is 0 Å². The van der Waals surface area contributed by atoms with Crippen molar-refractivity contribution in [3.05, 3.63) is 0 Å². The molecule has 0 aromatic heterocycles. The van der Waals surface area contributed by atoms with Crippen LogP contribution in [0.5, 0.6) is 0 Å². The fourth-order valence-corrected chi connectivity index (χ4v) is 5.20. The van der Waals surface area contributed by atoms with Crippen LogP contribution in [0, 0.1) is 17.3 Å². The molecule has 4 aliphatic carbocycles. The summed E-state index contributed by atoms with van der Waals surface area (Å²) in [6.45, 7) is 0. The van der Waals surface area contributed by atoms with Crippen LogP contribution in [-0.2, 0) is 0 Å². The van der Waals surface area contributed by atoms with Crippen LogP contribution in [0.2, 0.25) is 0 Å². The smallest absolute Gasteiger partial charge is 0.325 e. The fraction of sp³-hybridized carbons (Fsp3) is 1.00. The zero-order chi connectivity index (χ0) is 15.0. The van der Waals surface area contributed by atoms with E-state index < -0.39 is 29.2 Å². The van der Waals surface area contributed by atoms with Crippen LogP contribution in [0.15, 0.2) is 0 Å². The predicted molar refractivity (Wildman–Crippen MR) is 59.9 cm³/mol. The van der Waals surface area contributed by atoms with Crippen molar-refractivity contribution in [2.24, 2.45) is 23.0 Å². The molecule has 4 rings (SSSR count). The molecule has 4 fully saturated rings. The number of hydrogen-bond acceptors (Lipinski definition) is 1. The summed E-state index contributed by atoms with van der Waals surface area (Å²) < 4.78 is 79.3. The maximum Gasteiger partial charge on any atom is 0.425 e. The summed E-state index contributed by atoms with van der Waals surface area (Å²) in [5, 5.41) is 0. The van der Waals surface area contributed by atoms with E-state index in [4.69, 9.17) is 5.73 Å². The molecule has 116 valence electrons. The molecule has 1 nitrogen and oxygen atoms in total. The lowest BCUT2D eigenvalue weighted by Gasteiger charge is -2.62. The van der Waals surface area contributed by atoms with Gasteiger partial charge in [-0.25, -0.2) is 13.2 Å². The van der Waals surface area contributed by atoms with Crippen LogP contribution in [0.4, 0.5) is 26.3 Å². The van der Waals surface area contributed by atoms with Crippen LogP contribution in [0.25, 0.3) is 0 Å². The first-order valence-corrected chi connectivity index (χ1v) is 6.85. The van der Waals surface area contributed by atoms with E-state index in [2.05, 4.69) is 0 Å². The molecule has 0 aromatic rings. The van der Waals surface area contributed by atoms with E-state index in [1.165, 1.54) is 0 Å². The van der Waals surface area contributed by atoms with E-state index in [9.17, 15) is 26.3 Å². The number of halogens is 6. The normalized spacial score (nSPS) is 45.8. The molecule has 0 aromatic carbocycles. The molecule has 0 saturated heterocycles. The molecule has 4 aliphatic rings. The first-order chi connectivity index (χ1) is 8.98. The van der Waals surface area contributed by atoms with Gasteiger partial charge in [-0.1, -0.05) is 0 Å². The zero-order valence-electron chi connectivity index (χ0n) is 10.8.